The van der Waals surface area contributed by atoms with Gasteiger partial charge < -0.3 is 19.5 Å². The van der Waals surface area contributed by atoms with Crippen molar-refractivity contribution in [3.63, 3.8) is 0 Å². The third-order valence-electron chi connectivity index (χ3n) is 6.54. The maximum absolute atomic E-state index is 13.0. The van der Waals surface area contributed by atoms with Crippen LogP contribution in [0, 0.1) is 0 Å². The van der Waals surface area contributed by atoms with E-state index in [0.29, 0.717) is 30.0 Å². The Kier molecular flexibility index (Phi) is 11.6. The molecule has 0 amide bonds. The van der Waals surface area contributed by atoms with Gasteiger partial charge in [-0.05, 0) is 73.1 Å². The predicted molar refractivity (Wildman–Crippen MR) is 138 cm³/mol. The first-order valence-electron chi connectivity index (χ1n) is 12.4. The Balaban J connectivity index is 1.50. The molecule has 0 radical (unpaired) electrons. The summed E-state index contributed by atoms with van der Waals surface area (Å²) in [6.07, 6.45) is 3.74. The van der Waals surface area contributed by atoms with Gasteiger partial charge in [0, 0.05) is 11.4 Å². The van der Waals surface area contributed by atoms with Gasteiger partial charge in [-0.25, -0.2) is 0 Å². The van der Waals surface area contributed by atoms with E-state index in [1.807, 2.05) is 6.07 Å². The maximum atomic E-state index is 13.0. The smallest absolute Gasteiger partial charge is 0.405 e. The summed E-state index contributed by atoms with van der Waals surface area (Å²) < 4.78 is 58.5. The SMILES string of the molecule is O=[PH](O)OCCCNCc1ccc(SCCCCC2(c3ccccc3)CCCC2)c(OC(F)(F)F)c1. The molecule has 2 N–H and O–H groups in total. The molecule has 10 heteroatoms. The molecule has 0 spiro atoms. The van der Waals surface area contributed by atoms with E-state index in [1.54, 1.807) is 12.1 Å². The highest BCUT2D eigenvalue weighted by Crippen LogP contribution is 2.45. The molecule has 3 rings (SSSR count). The monoisotopic (exact) mass is 545 g/mol. The van der Waals surface area contributed by atoms with Gasteiger partial charge in [0.15, 0.2) is 0 Å². The zero-order valence-electron chi connectivity index (χ0n) is 20.3. The first-order chi connectivity index (χ1) is 17.3. The van der Waals surface area contributed by atoms with Crippen LogP contribution in [0.4, 0.5) is 13.2 Å². The Morgan fingerprint density at radius 1 is 1.06 bits per heavy atom. The van der Waals surface area contributed by atoms with Gasteiger partial charge >= 0.3 is 14.6 Å². The molecular weight excluding hydrogens is 510 g/mol. The number of unbranched alkanes of at least 4 members (excludes halogenated alkanes) is 1. The van der Waals surface area contributed by atoms with Crippen molar-refractivity contribution in [2.24, 2.45) is 0 Å². The molecule has 0 heterocycles. The molecule has 1 saturated carbocycles. The van der Waals surface area contributed by atoms with Crippen LogP contribution in [0.15, 0.2) is 53.4 Å². The summed E-state index contributed by atoms with van der Waals surface area (Å²) in [4.78, 5) is 9.11. The Labute approximate surface area is 216 Å². The van der Waals surface area contributed by atoms with E-state index < -0.39 is 14.6 Å². The van der Waals surface area contributed by atoms with Gasteiger partial charge in [0.2, 0.25) is 0 Å². The predicted octanol–water partition coefficient (Wildman–Crippen LogP) is 7.24. The van der Waals surface area contributed by atoms with Gasteiger partial charge in [-0.2, -0.15) is 0 Å². The highest BCUT2D eigenvalue weighted by atomic mass is 32.2. The Morgan fingerprint density at radius 2 is 1.81 bits per heavy atom. The number of ether oxygens (including phenoxy) is 1. The minimum atomic E-state index is -4.76. The van der Waals surface area contributed by atoms with Crippen LogP contribution in [-0.2, 0) is 21.0 Å². The number of rotatable bonds is 15. The topological polar surface area (TPSA) is 67.8 Å². The summed E-state index contributed by atoms with van der Waals surface area (Å²) in [5.41, 5.74) is 2.33. The van der Waals surface area contributed by atoms with Crippen molar-refractivity contribution in [2.45, 2.75) is 74.6 Å². The highest BCUT2D eigenvalue weighted by Gasteiger charge is 2.35. The number of hydrogen-bond donors (Lipinski definition) is 2. The standard InChI is InChI=1S/C26H35F3NO4PS/c27-26(28,29)34-23-19-21(20-30-16-8-17-33-35(31)32)11-12-24(23)36-18-7-6-15-25(13-4-5-14-25)22-9-2-1-3-10-22/h1-3,9-12,19,30,35H,4-8,13-18,20H2,(H,31,32). The van der Waals surface area contributed by atoms with Crippen molar-refractivity contribution < 1.29 is 31.9 Å². The third kappa shape index (κ3) is 9.75. The molecule has 36 heavy (non-hydrogen) atoms. The van der Waals surface area contributed by atoms with Crippen LogP contribution in [0.5, 0.6) is 5.75 Å². The number of hydrogen-bond acceptors (Lipinski definition) is 5. The van der Waals surface area contributed by atoms with E-state index in [2.05, 4.69) is 38.8 Å². The third-order valence-corrected chi connectivity index (χ3v) is 8.13. The summed E-state index contributed by atoms with van der Waals surface area (Å²) in [5.74, 6) is 0.551. The summed E-state index contributed by atoms with van der Waals surface area (Å²) in [6.45, 7) is 1.01. The van der Waals surface area contributed by atoms with Crippen molar-refractivity contribution in [3.8, 4) is 5.75 Å². The zero-order chi connectivity index (χ0) is 25.9. The van der Waals surface area contributed by atoms with Crippen LogP contribution in [0.3, 0.4) is 0 Å². The molecular formula is C26H35F3NO4PS. The lowest BCUT2D eigenvalue weighted by molar-refractivity contribution is -0.275. The first kappa shape index (κ1) is 29.1. The number of nitrogens with one attached hydrogen (secondary N) is 1. The number of alkyl halides is 3. The maximum Gasteiger partial charge on any atom is 0.573 e. The lowest BCUT2D eigenvalue weighted by Crippen LogP contribution is -2.21. The van der Waals surface area contributed by atoms with Crippen LogP contribution in [0.25, 0.3) is 0 Å². The van der Waals surface area contributed by atoms with Gasteiger partial charge in [-0.3, -0.25) is 4.57 Å². The van der Waals surface area contributed by atoms with Crippen LogP contribution >= 0.6 is 20.0 Å². The molecule has 1 atom stereocenters. The van der Waals surface area contributed by atoms with E-state index in [-0.39, 0.29) is 17.8 Å². The highest BCUT2D eigenvalue weighted by molar-refractivity contribution is 7.99. The molecule has 2 aromatic rings. The molecule has 0 bridgehead atoms. The van der Waals surface area contributed by atoms with Crippen molar-refractivity contribution in [1.29, 1.82) is 0 Å². The van der Waals surface area contributed by atoms with E-state index in [4.69, 9.17) is 4.89 Å². The second-order valence-electron chi connectivity index (χ2n) is 9.13. The lowest BCUT2D eigenvalue weighted by atomic mass is 9.75. The fourth-order valence-electron chi connectivity index (χ4n) is 4.85. The Bertz CT molecular complexity index is 956. The van der Waals surface area contributed by atoms with Crippen LogP contribution in [-0.4, -0.2) is 30.2 Å². The van der Waals surface area contributed by atoms with Crippen LogP contribution in [0.1, 0.15) is 62.5 Å². The molecule has 0 saturated heterocycles. The molecule has 1 fully saturated rings. The summed E-state index contributed by atoms with van der Waals surface area (Å²) in [5, 5.41) is 3.09. The van der Waals surface area contributed by atoms with Crippen molar-refractivity contribution in [3.05, 3.63) is 59.7 Å². The first-order valence-corrected chi connectivity index (χ1v) is 14.7. The number of benzene rings is 2. The number of halogens is 3. The van der Waals surface area contributed by atoms with E-state index in [1.165, 1.54) is 49.1 Å². The minimum absolute atomic E-state index is 0.145. The van der Waals surface area contributed by atoms with Crippen LogP contribution in [0.2, 0.25) is 0 Å². The molecule has 1 aliphatic rings. The molecule has 1 aliphatic carbocycles. The summed E-state index contributed by atoms with van der Waals surface area (Å²) >= 11 is 1.40. The van der Waals surface area contributed by atoms with Gasteiger partial charge in [0.1, 0.15) is 5.75 Å². The Hall–Kier alpha value is -1.51. The van der Waals surface area contributed by atoms with Gasteiger partial charge in [0.25, 0.3) is 0 Å². The fourth-order valence-corrected chi connectivity index (χ4v) is 6.14. The van der Waals surface area contributed by atoms with Crippen molar-refractivity contribution in [1.82, 2.24) is 5.32 Å². The summed E-state index contributed by atoms with van der Waals surface area (Å²) in [6, 6.07) is 15.6. The van der Waals surface area contributed by atoms with Crippen molar-refractivity contribution >= 4 is 20.0 Å². The normalized spacial score (nSPS) is 16.2. The second kappa shape index (κ2) is 14.4. The van der Waals surface area contributed by atoms with Gasteiger partial charge in [-0.1, -0.05) is 55.7 Å². The van der Waals surface area contributed by atoms with Gasteiger partial charge in [0.05, 0.1) is 6.61 Å². The van der Waals surface area contributed by atoms with E-state index in [9.17, 15) is 17.7 Å². The van der Waals surface area contributed by atoms with Crippen LogP contribution < -0.4 is 10.1 Å². The van der Waals surface area contributed by atoms with E-state index >= 15 is 0 Å². The average Bonchev–Trinajstić information content (AvgIpc) is 3.32. The minimum Gasteiger partial charge on any atom is -0.405 e. The van der Waals surface area contributed by atoms with E-state index in [0.717, 1.165) is 25.0 Å². The van der Waals surface area contributed by atoms with Gasteiger partial charge in [-0.15, -0.1) is 24.9 Å². The molecule has 2 aromatic carbocycles. The second-order valence-corrected chi connectivity index (χ2v) is 11.1. The quantitative estimate of drug-likeness (QED) is 0.140. The molecule has 1 unspecified atom stereocenters. The molecule has 0 aromatic heterocycles. The lowest BCUT2D eigenvalue weighted by Gasteiger charge is -2.30. The van der Waals surface area contributed by atoms with Crippen molar-refractivity contribution in [2.75, 3.05) is 18.9 Å². The molecule has 0 aliphatic heterocycles. The Morgan fingerprint density at radius 3 is 2.50 bits per heavy atom. The fraction of sp³-hybridized carbons (Fsp3) is 0.538. The summed E-state index contributed by atoms with van der Waals surface area (Å²) in [7, 11) is -2.94. The molecule has 5 nitrogen and oxygen atoms in total. The average molecular weight is 546 g/mol. The number of thioether (sulfide) groups is 1. The largest absolute Gasteiger partial charge is 0.573 e. The molecule has 200 valence electrons. The zero-order valence-corrected chi connectivity index (χ0v) is 22.1.